The second-order valence-electron chi connectivity index (χ2n) is 15.2. The molecule has 4 rings (SSSR count). The molecular formula is C32H51NO2. The van der Waals surface area contributed by atoms with E-state index in [1.54, 1.807) is 0 Å². The van der Waals surface area contributed by atoms with Gasteiger partial charge >= 0.3 is 0 Å². The quantitative estimate of drug-likeness (QED) is 0.407. The maximum Gasteiger partial charge on any atom is 0.155 e. The summed E-state index contributed by atoms with van der Waals surface area (Å²) in [7, 11) is 0. The zero-order valence-corrected chi connectivity index (χ0v) is 23.9. The number of nitrogens with zero attached hydrogens (tertiary/aromatic N) is 1. The average molecular weight is 482 g/mol. The molecule has 0 aromatic rings. The van der Waals surface area contributed by atoms with Crippen molar-refractivity contribution in [1.29, 1.82) is 5.26 Å². The summed E-state index contributed by atoms with van der Waals surface area (Å²) in [6.45, 7) is 18.6. The fourth-order valence-corrected chi connectivity index (χ4v) is 10.6. The van der Waals surface area contributed by atoms with Crippen LogP contribution in [0.15, 0.2) is 0 Å². The third kappa shape index (κ3) is 3.87. The molecule has 0 saturated heterocycles. The van der Waals surface area contributed by atoms with Gasteiger partial charge in [-0.15, -0.1) is 0 Å². The lowest BCUT2D eigenvalue weighted by Gasteiger charge is -2.70. The Hall–Kier alpha value is -1.17. The average Bonchev–Trinajstić information content (AvgIpc) is 2.76. The first-order chi connectivity index (χ1) is 16.2. The Morgan fingerprint density at radius 1 is 0.943 bits per heavy atom. The van der Waals surface area contributed by atoms with Gasteiger partial charge in [-0.2, -0.15) is 5.26 Å². The minimum atomic E-state index is -0.539. The predicted octanol–water partition coefficient (Wildman–Crippen LogP) is 8.17. The van der Waals surface area contributed by atoms with E-state index in [0.29, 0.717) is 30.0 Å². The molecule has 4 saturated carbocycles. The number of unbranched alkanes of at least 4 members (excludes halogenated alkanes) is 1. The second kappa shape index (κ2) is 8.70. The summed E-state index contributed by atoms with van der Waals surface area (Å²) >= 11 is 0. The summed E-state index contributed by atoms with van der Waals surface area (Å²) in [4.78, 5) is 27.6. The minimum absolute atomic E-state index is 0.0250. The van der Waals surface area contributed by atoms with Crippen LogP contribution in [0, 0.1) is 68.0 Å². The monoisotopic (exact) mass is 481 g/mol. The SMILES string of the molecule is CCCC[C@]1(C)[C@@H]([C@H]2CCCC(C)(C)C2)C(=O)C[C@@H]2[C@@]3(C)CC(C#N)C(=O)C(C)(C)[C@@H]3CC[C@]21C. The first kappa shape index (κ1) is 26.9. The highest BCUT2D eigenvalue weighted by molar-refractivity contribution is 5.90. The van der Waals surface area contributed by atoms with Crippen molar-refractivity contribution in [3.63, 3.8) is 0 Å². The van der Waals surface area contributed by atoms with Crippen molar-refractivity contribution in [2.75, 3.05) is 0 Å². The fourth-order valence-electron chi connectivity index (χ4n) is 10.6. The summed E-state index contributed by atoms with van der Waals surface area (Å²) in [5, 5.41) is 9.95. The van der Waals surface area contributed by atoms with Gasteiger partial charge in [-0.1, -0.05) is 74.7 Å². The highest BCUT2D eigenvalue weighted by atomic mass is 16.1. The number of hydrogen-bond acceptors (Lipinski definition) is 3. The lowest BCUT2D eigenvalue weighted by atomic mass is 9.33. The van der Waals surface area contributed by atoms with Crippen LogP contribution in [0.2, 0.25) is 0 Å². The third-order valence-corrected chi connectivity index (χ3v) is 12.4. The molecule has 196 valence electrons. The lowest BCUT2D eigenvalue weighted by molar-refractivity contribution is -0.215. The largest absolute Gasteiger partial charge is 0.299 e. The molecular weight excluding hydrogens is 430 g/mol. The van der Waals surface area contributed by atoms with Crippen molar-refractivity contribution in [1.82, 2.24) is 0 Å². The Labute approximate surface area is 215 Å². The Morgan fingerprint density at radius 3 is 2.23 bits per heavy atom. The number of ketones is 2. The van der Waals surface area contributed by atoms with Crippen LogP contribution in [0.3, 0.4) is 0 Å². The molecule has 0 bridgehead atoms. The van der Waals surface area contributed by atoms with Gasteiger partial charge in [-0.3, -0.25) is 9.59 Å². The van der Waals surface area contributed by atoms with Gasteiger partial charge in [0.05, 0.1) is 6.07 Å². The summed E-state index contributed by atoms with van der Waals surface area (Å²) in [6, 6.07) is 2.38. The molecule has 3 nitrogen and oxygen atoms in total. The zero-order valence-electron chi connectivity index (χ0n) is 23.9. The van der Waals surface area contributed by atoms with Crippen LogP contribution in [0.5, 0.6) is 0 Å². The molecule has 0 aliphatic heterocycles. The lowest BCUT2D eigenvalue weighted by Crippen LogP contribution is -2.67. The first-order valence-electron chi connectivity index (χ1n) is 14.6. The highest BCUT2D eigenvalue weighted by Gasteiger charge is 2.70. The van der Waals surface area contributed by atoms with Crippen LogP contribution in [-0.4, -0.2) is 11.6 Å². The van der Waals surface area contributed by atoms with E-state index in [1.807, 2.05) is 0 Å². The van der Waals surface area contributed by atoms with Crippen LogP contribution in [0.4, 0.5) is 0 Å². The number of carbonyl (C=O) groups excluding carboxylic acids is 2. The predicted molar refractivity (Wildman–Crippen MR) is 141 cm³/mol. The highest BCUT2D eigenvalue weighted by Crippen LogP contribution is 2.73. The van der Waals surface area contributed by atoms with E-state index in [1.165, 1.54) is 32.1 Å². The van der Waals surface area contributed by atoms with Gasteiger partial charge in [-0.05, 0) is 84.4 Å². The van der Waals surface area contributed by atoms with Crippen molar-refractivity contribution in [3.8, 4) is 6.07 Å². The topological polar surface area (TPSA) is 57.9 Å². The molecule has 0 spiro atoms. The Morgan fingerprint density at radius 2 is 1.63 bits per heavy atom. The van der Waals surface area contributed by atoms with Crippen molar-refractivity contribution in [2.24, 2.45) is 56.7 Å². The van der Waals surface area contributed by atoms with Crippen LogP contribution < -0.4 is 0 Å². The normalized spacial score (nSPS) is 46.9. The van der Waals surface area contributed by atoms with Gasteiger partial charge < -0.3 is 0 Å². The molecule has 0 N–H and O–H groups in total. The summed E-state index contributed by atoms with van der Waals surface area (Å²) in [6.07, 6.45) is 11.8. The van der Waals surface area contributed by atoms with E-state index < -0.39 is 11.3 Å². The summed E-state index contributed by atoms with van der Waals surface area (Å²) < 4.78 is 0. The maximum atomic E-state index is 14.3. The van der Waals surface area contributed by atoms with E-state index in [-0.39, 0.29) is 39.8 Å². The number of nitriles is 1. The van der Waals surface area contributed by atoms with E-state index in [0.717, 1.165) is 25.7 Å². The van der Waals surface area contributed by atoms with Gasteiger partial charge in [0.15, 0.2) is 5.78 Å². The molecule has 1 unspecified atom stereocenters. The molecule has 0 heterocycles. The van der Waals surface area contributed by atoms with Gasteiger partial charge in [0.25, 0.3) is 0 Å². The maximum absolute atomic E-state index is 14.3. The number of rotatable bonds is 4. The molecule has 3 heteroatoms. The zero-order chi connectivity index (χ0) is 26.0. The van der Waals surface area contributed by atoms with Crippen LogP contribution in [0.25, 0.3) is 0 Å². The van der Waals surface area contributed by atoms with Gasteiger partial charge in [0.2, 0.25) is 0 Å². The van der Waals surface area contributed by atoms with E-state index in [2.05, 4.69) is 61.5 Å². The van der Waals surface area contributed by atoms with Crippen molar-refractivity contribution >= 4 is 11.6 Å². The summed E-state index contributed by atoms with van der Waals surface area (Å²) in [5.41, 5.74) is -0.288. The van der Waals surface area contributed by atoms with Crippen LogP contribution in [0.1, 0.15) is 126 Å². The smallest absolute Gasteiger partial charge is 0.155 e. The minimum Gasteiger partial charge on any atom is -0.299 e. The second-order valence-corrected chi connectivity index (χ2v) is 15.2. The molecule has 0 amide bonds. The number of carbonyl (C=O) groups is 2. The molecule has 0 aromatic carbocycles. The molecule has 4 fully saturated rings. The van der Waals surface area contributed by atoms with E-state index in [4.69, 9.17) is 0 Å². The standard InChI is InChI=1S/C32H51NO2/c1-9-10-15-32(8)26(21-12-11-14-28(2,3)18-21)23(34)17-25-30(6)19-22(20-33)27(35)29(4,5)24(30)13-16-31(25,32)7/h21-22,24-26H,9-19H2,1-8H3/t21-,22?,24-,25+,26-,30-,31+,32+/m0/s1. The molecule has 35 heavy (non-hydrogen) atoms. The van der Waals surface area contributed by atoms with Crippen molar-refractivity contribution < 1.29 is 9.59 Å². The number of fused-ring (bicyclic) bond motifs is 3. The fraction of sp³-hybridized carbons (Fsp3) is 0.906. The Balaban J connectivity index is 1.81. The van der Waals surface area contributed by atoms with Crippen LogP contribution in [-0.2, 0) is 9.59 Å². The molecule has 4 aliphatic carbocycles. The van der Waals surface area contributed by atoms with Crippen LogP contribution >= 0.6 is 0 Å². The van der Waals surface area contributed by atoms with E-state index in [9.17, 15) is 14.9 Å². The third-order valence-electron chi connectivity index (χ3n) is 12.4. The Kier molecular flexibility index (Phi) is 6.68. The Bertz CT molecular complexity index is 911. The number of Topliss-reactive ketones (excluding diaryl/α,β-unsaturated/α-hetero) is 2. The first-order valence-corrected chi connectivity index (χ1v) is 14.6. The van der Waals surface area contributed by atoms with Gasteiger partial charge in [-0.25, -0.2) is 0 Å². The van der Waals surface area contributed by atoms with Crippen molar-refractivity contribution in [2.45, 2.75) is 126 Å². The molecule has 0 radical (unpaired) electrons. The van der Waals surface area contributed by atoms with Gasteiger partial charge in [0.1, 0.15) is 11.7 Å². The number of hydrogen-bond donors (Lipinski definition) is 0. The van der Waals surface area contributed by atoms with E-state index >= 15 is 0 Å². The van der Waals surface area contributed by atoms with Gasteiger partial charge in [0, 0.05) is 17.8 Å². The molecule has 4 aliphatic rings. The summed E-state index contributed by atoms with van der Waals surface area (Å²) in [5.74, 6) is 1.23. The molecule has 8 atom stereocenters. The van der Waals surface area contributed by atoms with Crippen molar-refractivity contribution in [3.05, 3.63) is 0 Å². The molecule has 0 aromatic heterocycles.